The van der Waals surface area contributed by atoms with Crippen molar-refractivity contribution < 1.29 is 32.6 Å². The van der Waals surface area contributed by atoms with Gasteiger partial charge in [0.15, 0.2) is 0 Å². The molecule has 0 saturated heterocycles. The Morgan fingerprint density at radius 1 is 1.30 bits per heavy atom. The first kappa shape index (κ1) is 20.1. The molecule has 0 saturated carbocycles. The summed E-state index contributed by atoms with van der Waals surface area (Å²) in [7, 11) is 1.43. The number of aliphatic carboxylic acids is 1. The summed E-state index contributed by atoms with van der Waals surface area (Å²) in [6.45, 7) is 0. The normalized spacial score (nSPS) is 14.3. The lowest BCUT2D eigenvalue weighted by atomic mass is 9.75. The molecular weight excluding hydrogens is 367 g/mol. The number of benzene rings is 1. The minimum absolute atomic E-state index is 0.161. The lowest BCUT2D eigenvalue weighted by Crippen LogP contribution is -2.39. The first-order valence-electron chi connectivity index (χ1n) is 7.69. The highest BCUT2D eigenvalue weighted by Crippen LogP contribution is 2.35. The summed E-state index contributed by atoms with van der Waals surface area (Å²) >= 11 is 0. The van der Waals surface area contributed by atoms with Gasteiger partial charge in [0.2, 0.25) is 12.2 Å². The molecule has 2 rings (SSSR count). The van der Waals surface area contributed by atoms with E-state index in [0.29, 0.717) is 12.0 Å². The van der Waals surface area contributed by atoms with E-state index >= 15 is 0 Å². The van der Waals surface area contributed by atoms with Gasteiger partial charge in [-0.25, -0.2) is 23.1 Å². The van der Waals surface area contributed by atoms with Gasteiger partial charge in [-0.2, -0.15) is 0 Å². The highest BCUT2D eigenvalue weighted by Gasteiger charge is 2.44. The third kappa shape index (κ3) is 4.15. The number of carbonyl (C=O) groups excluding carboxylic acids is 1. The van der Waals surface area contributed by atoms with Crippen molar-refractivity contribution in [3.8, 4) is 5.75 Å². The largest absolute Gasteiger partial charge is 0.497 e. The zero-order valence-corrected chi connectivity index (χ0v) is 14.1. The minimum Gasteiger partial charge on any atom is -0.497 e. The maximum Gasteiger partial charge on any atom is 0.320 e. The number of carbonyl (C=O) groups is 2. The number of nitrogens with one attached hydrogen (secondary N) is 1. The van der Waals surface area contributed by atoms with E-state index < -0.39 is 36.5 Å². The van der Waals surface area contributed by atoms with Gasteiger partial charge in [-0.05, 0) is 23.8 Å². The molecule has 2 aromatic rings. The Kier molecular flexibility index (Phi) is 6.32. The Hall–Kier alpha value is -3.17. The van der Waals surface area contributed by atoms with E-state index in [1.54, 1.807) is 5.32 Å². The molecule has 144 valence electrons. The summed E-state index contributed by atoms with van der Waals surface area (Å²) in [5.41, 5.74) is -1.87. The van der Waals surface area contributed by atoms with Crippen molar-refractivity contribution in [1.82, 2.24) is 9.97 Å². The molecule has 2 atom stereocenters. The van der Waals surface area contributed by atoms with Gasteiger partial charge in [0.1, 0.15) is 17.5 Å². The molecule has 0 amide bonds. The number of alkyl halides is 3. The molecule has 0 aliphatic rings. The van der Waals surface area contributed by atoms with Gasteiger partial charge < -0.3 is 20.0 Å². The van der Waals surface area contributed by atoms with Crippen molar-refractivity contribution in [1.29, 1.82) is 0 Å². The molecule has 0 aliphatic carbocycles. The van der Waals surface area contributed by atoms with Gasteiger partial charge in [-0.15, -0.1) is 0 Å². The number of halogens is 3. The summed E-state index contributed by atoms with van der Waals surface area (Å²) in [6.07, 6.45) is -5.04. The van der Waals surface area contributed by atoms with Crippen molar-refractivity contribution in [2.24, 2.45) is 0 Å². The lowest BCUT2D eigenvalue weighted by Gasteiger charge is -2.28. The van der Waals surface area contributed by atoms with Gasteiger partial charge in [-0.1, -0.05) is 12.1 Å². The number of methoxy groups -OCH3 is 1. The fourth-order valence-electron chi connectivity index (χ4n) is 2.54. The van der Waals surface area contributed by atoms with E-state index in [-0.39, 0.29) is 11.3 Å². The molecule has 0 radical (unpaired) electrons. The van der Waals surface area contributed by atoms with Crippen LogP contribution in [-0.2, 0) is 15.0 Å². The van der Waals surface area contributed by atoms with Crippen molar-refractivity contribution in [2.45, 2.75) is 24.6 Å². The Morgan fingerprint density at radius 2 is 1.96 bits per heavy atom. The number of hydrogen-bond donors (Lipinski definition) is 2. The molecule has 2 N–H and O–H groups in total. The fraction of sp³-hybridized carbons (Fsp3) is 0.294. The van der Waals surface area contributed by atoms with E-state index in [0.717, 1.165) is 6.20 Å². The van der Waals surface area contributed by atoms with Crippen LogP contribution in [0.5, 0.6) is 5.75 Å². The second-order valence-electron chi connectivity index (χ2n) is 5.46. The number of rotatable bonds is 9. The second-order valence-corrected chi connectivity index (χ2v) is 5.46. The van der Waals surface area contributed by atoms with Crippen LogP contribution in [0.15, 0.2) is 36.5 Å². The number of nitrogens with zero attached hydrogens (tertiary/aromatic N) is 2. The molecular formula is C17H16F3N3O4. The summed E-state index contributed by atoms with van der Waals surface area (Å²) < 4.78 is 43.0. The van der Waals surface area contributed by atoms with Crippen LogP contribution in [0.2, 0.25) is 0 Å². The summed E-state index contributed by atoms with van der Waals surface area (Å²) in [5, 5.41) is 11.6. The number of carboxylic acids is 1. The van der Waals surface area contributed by atoms with E-state index in [4.69, 9.17) is 4.74 Å². The average molecular weight is 383 g/mol. The molecule has 7 nitrogen and oxygen atoms in total. The third-order valence-corrected chi connectivity index (χ3v) is 3.92. The van der Waals surface area contributed by atoms with Gasteiger partial charge in [0, 0.05) is 12.6 Å². The van der Waals surface area contributed by atoms with Crippen molar-refractivity contribution in [2.75, 3.05) is 12.4 Å². The number of hydrogen-bond acceptors (Lipinski definition) is 6. The molecule has 2 unspecified atom stereocenters. The summed E-state index contributed by atoms with van der Waals surface area (Å²) in [4.78, 5) is 30.9. The summed E-state index contributed by atoms with van der Waals surface area (Å²) in [5.74, 6) is -1.45. The number of anilines is 1. The first-order valence-corrected chi connectivity index (χ1v) is 7.69. The lowest BCUT2D eigenvalue weighted by molar-refractivity contribution is -0.143. The SMILES string of the molecule is COc1ccc(C(CC=O)(C(=O)O)c2ccnc(NC(F)C(F)F)n2)cc1. The minimum atomic E-state index is -3.32. The van der Waals surface area contributed by atoms with E-state index in [1.165, 1.54) is 37.4 Å². The monoisotopic (exact) mass is 383 g/mol. The highest BCUT2D eigenvalue weighted by molar-refractivity contribution is 5.88. The molecule has 1 heterocycles. The second kappa shape index (κ2) is 8.47. The highest BCUT2D eigenvalue weighted by atomic mass is 19.3. The Bertz CT molecular complexity index is 804. The third-order valence-electron chi connectivity index (χ3n) is 3.92. The standard InChI is InChI=1S/C17H16F3N3O4/c1-27-11-4-2-10(3-5-11)17(7-9-24,15(25)26)12-6-8-21-16(22-12)23-14(20)13(18)19/h2-6,8-9,13-14H,7H2,1H3,(H,25,26)(H,21,22,23). The number of aromatic nitrogens is 2. The Morgan fingerprint density at radius 3 is 2.48 bits per heavy atom. The van der Waals surface area contributed by atoms with Crippen LogP contribution in [0, 0.1) is 0 Å². The number of carboxylic acid groups (broad SMARTS) is 1. The van der Waals surface area contributed by atoms with Gasteiger partial charge in [0.05, 0.1) is 12.8 Å². The molecule has 1 aromatic heterocycles. The van der Waals surface area contributed by atoms with Crippen molar-refractivity contribution in [3.05, 3.63) is 47.8 Å². The zero-order chi connectivity index (χ0) is 20.0. The first-order chi connectivity index (χ1) is 12.8. The molecule has 0 spiro atoms. The maximum atomic E-state index is 13.2. The molecule has 0 aliphatic heterocycles. The quantitative estimate of drug-likeness (QED) is 0.506. The van der Waals surface area contributed by atoms with E-state index in [9.17, 15) is 27.9 Å². The molecule has 10 heteroatoms. The maximum absolute atomic E-state index is 13.2. The predicted molar refractivity (Wildman–Crippen MR) is 88.6 cm³/mol. The van der Waals surface area contributed by atoms with Crippen LogP contribution in [0.3, 0.4) is 0 Å². The van der Waals surface area contributed by atoms with Crippen LogP contribution >= 0.6 is 0 Å². The van der Waals surface area contributed by atoms with Crippen LogP contribution in [0.1, 0.15) is 17.7 Å². The van der Waals surface area contributed by atoms with Crippen LogP contribution < -0.4 is 10.1 Å². The van der Waals surface area contributed by atoms with E-state index in [1.807, 2.05) is 0 Å². The summed E-state index contributed by atoms with van der Waals surface area (Å²) in [6, 6.07) is 7.13. The molecule has 0 bridgehead atoms. The van der Waals surface area contributed by atoms with Crippen molar-refractivity contribution in [3.63, 3.8) is 0 Å². The topological polar surface area (TPSA) is 101 Å². The smallest absolute Gasteiger partial charge is 0.320 e. The molecule has 1 aromatic carbocycles. The Labute approximate surface area is 152 Å². The van der Waals surface area contributed by atoms with Gasteiger partial charge in [-0.3, -0.25) is 4.79 Å². The fourth-order valence-corrected chi connectivity index (χ4v) is 2.54. The predicted octanol–water partition coefficient (Wildman–Crippen LogP) is 2.42. The molecule has 27 heavy (non-hydrogen) atoms. The van der Waals surface area contributed by atoms with Gasteiger partial charge in [0.25, 0.3) is 6.43 Å². The zero-order valence-electron chi connectivity index (χ0n) is 14.1. The average Bonchev–Trinajstić information content (AvgIpc) is 2.66. The molecule has 0 fully saturated rings. The van der Waals surface area contributed by atoms with Crippen LogP contribution in [0.4, 0.5) is 19.1 Å². The van der Waals surface area contributed by atoms with Crippen LogP contribution in [0.25, 0.3) is 0 Å². The van der Waals surface area contributed by atoms with E-state index in [2.05, 4.69) is 9.97 Å². The van der Waals surface area contributed by atoms with Crippen LogP contribution in [-0.4, -0.2) is 47.2 Å². The number of ether oxygens (including phenoxy) is 1. The number of aldehydes is 1. The Balaban J connectivity index is 2.56. The van der Waals surface area contributed by atoms with Crippen molar-refractivity contribution >= 4 is 18.2 Å². The van der Waals surface area contributed by atoms with Gasteiger partial charge >= 0.3 is 5.97 Å².